The highest BCUT2D eigenvalue weighted by molar-refractivity contribution is 5.78. The molecule has 4 heteroatoms. The molecule has 0 radical (unpaired) electrons. The number of carbonyl (C=O) groups is 1. The Balaban J connectivity index is 1.74. The van der Waals surface area contributed by atoms with Crippen LogP contribution in [0.5, 0.6) is 0 Å². The molecule has 0 spiro atoms. The molecule has 1 N–H and O–H groups in total. The van der Waals surface area contributed by atoms with E-state index in [0.717, 1.165) is 32.7 Å². The van der Waals surface area contributed by atoms with E-state index in [1.165, 1.54) is 11.1 Å². The van der Waals surface area contributed by atoms with Gasteiger partial charge in [-0.2, -0.15) is 0 Å². The van der Waals surface area contributed by atoms with Crippen LogP contribution in [0.25, 0.3) is 0 Å². The van der Waals surface area contributed by atoms with E-state index in [9.17, 15) is 4.79 Å². The van der Waals surface area contributed by atoms with E-state index >= 15 is 0 Å². The smallest absolute Gasteiger partial charge is 0.236 e. The molecule has 0 unspecified atom stereocenters. The lowest BCUT2D eigenvalue weighted by molar-refractivity contribution is -0.131. The van der Waals surface area contributed by atoms with Gasteiger partial charge >= 0.3 is 0 Å². The van der Waals surface area contributed by atoms with Gasteiger partial charge < -0.3 is 15.1 Å². The molecule has 0 bridgehead atoms. The summed E-state index contributed by atoms with van der Waals surface area (Å²) in [7, 11) is 2.10. The van der Waals surface area contributed by atoms with Crippen LogP contribution < -0.4 is 5.32 Å². The van der Waals surface area contributed by atoms with Crippen LogP contribution in [0.1, 0.15) is 11.1 Å². The van der Waals surface area contributed by atoms with Gasteiger partial charge in [0.05, 0.1) is 6.54 Å². The summed E-state index contributed by atoms with van der Waals surface area (Å²) in [4.78, 5) is 16.2. The van der Waals surface area contributed by atoms with Gasteiger partial charge in [-0.05, 0) is 25.1 Å². The second-order valence-corrected chi connectivity index (χ2v) is 5.21. The van der Waals surface area contributed by atoms with Crippen molar-refractivity contribution in [2.24, 2.45) is 0 Å². The molecule has 1 heterocycles. The SMILES string of the molecule is Cc1ccccc1CNCC(=O)N1CCN(C)CC1. The van der Waals surface area contributed by atoms with E-state index in [2.05, 4.69) is 36.3 Å². The summed E-state index contributed by atoms with van der Waals surface area (Å²) in [6, 6.07) is 8.27. The van der Waals surface area contributed by atoms with E-state index in [4.69, 9.17) is 0 Å². The minimum atomic E-state index is 0.210. The molecule has 1 aromatic rings. The Labute approximate surface area is 115 Å². The molecule has 0 aromatic heterocycles. The minimum Gasteiger partial charge on any atom is -0.339 e. The molecule has 0 saturated carbocycles. The maximum atomic E-state index is 12.0. The highest BCUT2D eigenvalue weighted by Gasteiger charge is 2.18. The fourth-order valence-corrected chi connectivity index (χ4v) is 2.28. The maximum Gasteiger partial charge on any atom is 0.236 e. The number of aryl methyl sites for hydroxylation is 1. The largest absolute Gasteiger partial charge is 0.339 e. The topological polar surface area (TPSA) is 35.6 Å². The van der Waals surface area contributed by atoms with Crippen LogP contribution >= 0.6 is 0 Å². The van der Waals surface area contributed by atoms with Crippen LogP contribution in [0, 0.1) is 6.92 Å². The van der Waals surface area contributed by atoms with Gasteiger partial charge in [-0.25, -0.2) is 0 Å². The fourth-order valence-electron chi connectivity index (χ4n) is 2.28. The Kier molecular flexibility index (Phi) is 4.93. The van der Waals surface area contributed by atoms with Crippen molar-refractivity contribution in [3.05, 3.63) is 35.4 Å². The van der Waals surface area contributed by atoms with Gasteiger partial charge in [0, 0.05) is 32.7 Å². The molecular weight excluding hydrogens is 238 g/mol. The predicted molar refractivity (Wildman–Crippen MR) is 77.0 cm³/mol. The number of amides is 1. The number of hydrogen-bond acceptors (Lipinski definition) is 3. The lowest BCUT2D eigenvalue weighted by atomic mass is 10.1. The van der Waals surface area contributed by atoms with Gasteiger partial charge in [0.1, 0.15) is 0 Å². The minimum absolute atomic E-state index is 0.210. The highest BCUT2D eigenvalue weighted by atomic mass is 16.2. The Hall–Kier alpha value is -1.39. The van der Waals surface area contributed by atoms with E-state index in [-0.39, 0.29) is 5.91 Å². The number of nitrogens with one attached hydrogen (secondary N) is 1. The standard InChI is InChI=1S/C15H23N3O/c1-13-5-3-4-6-14(13)11-16-12-15(19)18-9-7-17(2)8-10-18/h3-6,16H,7-12H2,1-2H3. The number of rotatable bonds is 4. The summed E-state index contributed by atoms with van der Waals surface area (Å²) < 4.78 is 0. The highest BCUT2D eigenvalue weighted by Crippen LogP contribution is 2.06. The van der Waals surface area contributed by atoms with Gasteiger partial charge in [-0.3, -0.25) is 4.79 Å². The molecule has 1 aliphatic heterocycles. The van der Waals surface area contributed by atoms with Gasteiger partial charge in [0.2, 0.25) is 5.91 Å². The van der Waals surface area contributed by atoms with Crippen molar-refractivity contribution in [1.82, 2.24) is 15.1 Å². The zero-order valence-electron chi connectivity index (χ0n) is 11.9. The summed E-state index contributed by atoms with van der Waals surface area (Å²) in [6.07, 6.45) is 0. The van der Waals surface area contributed by atoms with Crippen molar-refractivity contribution >= 4 is 5.91 Å². The van der Waals surface area contributed by atoms with Crippen LogP contribution in [0.3, 0.4) is 0 Å². The van der Waals surface area contributed by atoms with Gasteiger partial charge in [-0.15, -0.1) is 0 Å². The van der Waals surface area contributed by atoms with Crippen molar-refractivity contribution in [3.63, 3.8) is 0 Å². The average molecular weight is 261 g/mol. The first kappa shape index (κ1) is 14.0. The molecule has 1 saturated heterocycles. The number of hydrogen-bond donors (Lipinski definition) is 1. The Morgan fingerprint density at radius 2 is 1.89 bits per heavy atom. The summed E-state index contributed by atoms with van der Waals surface area (Å²) >= 11 is 0. The average Bonchev–Trinajstić information content (AvgIpc) is 2.41. The lowest BCUT2D eigenvalue weighted by Gasteiger charge is -2.32. The number of carbonyl (C=O) groups excluding carboxylic acids is 1. The normalized spacial score (nSPS) is 16.6. The van der Waals surface area contributed by atoms with Crippen LogP contribution in [-0.2, 0) is 11.3 Å². The quantitative estimate of drug-likeness (QED) is 0.873. The van der Waals surface area contributed by atoms with Crippen LogP contribution in [0.15, 0.2) is 24.3 Å². The fraction of sp³-hybridized carbons (Fsp3) is 0.533. The predicted octanol–water partition coefficient (Wildman–Crippen LogP) is 0.859. The Morgan fingerprint density at radius 1 is 1.21 bits per heavy atom. The number of piperazine rings is 1. The molecule has 1 aliphatic rings. The van der Waals surface area contributed by atoms with E-state index < -0.39 is 0 Å². The van der Waals surface area contributed by atoms with Crippen molar-refractivity contribution in [3.8, 4) is 0 Å². The summed E-state index contributed by atoms with van der Waals surface area (Å²) in [6.45, 7) is 6.93. The number of benzene rings is 1. The molecule has 1 amide bonds. The summed E-state index contributed by atoms with van der Waals surface area (Å²) in [5, 5.41) is 3.25. The van der Waals surface area contributed by atoms with Crippen molar-refractivity contribution in [1.29, 1.82) is 0 Å². The zero-order valence-corrected chi connectivity index (χ0v) is 11.9. The third kappa shape index (κ3) is 4.04. The van der Waals surface area contributed by atoms with E-state index in [0.29, 0.717) is 6.54 Å². The zero-order chi connectivity index (χ0) is 13.7. The molecule has 1 fully saturated rings. The maximum absolute atomic E-state index is 12.0. The first-order valence-electron chi connectivity index (χ1n) is 6.88. The molecule has 4 nitrogen and oxygen atoms in total. The molecule has 0 aliphatic carbocycles. The number of likely N-dealkylation sites (N-methyl/N-ethyl adjacent to an activating group) is 1. The van der Waals surface area contributed by atoms with Crippen molar-refractivity contribution in [2.45, 2.75) is 13.5 Å². The number of nitrogens with zero attached hydrogens (tertiary/aromatic N) is 2. The first-order chi connectivity index (χ1) is 9.16. The summed E-state index contributed by atoms with van der Waals surface area (Å²) in [5.41, 5.74) is 2.52. The van der Waals surface area contributed by atoms with Crippen LogP contribution in [0.4, 0.5) is 0 Å². The van der Waals surface area contributed by atoms with Crippen LogP contribution in [0.2, 0.25) is 0 Å². The van der Waals surface area contributed by atoms with Crippen molar-refractivity contribution in [2.75, 3.05) is 39.8 Å². The van der Waals surface area contributed by atoms with Crippen LogP contribution in [-0.4, -0.2) is 55.5 Å². The molecule has 2 rings (SSSR count). The van der Waals surface area contributed by atoms with Gasteiger partial charge in [-0.1, -0.05) is 24.3 Å². The molecule has 104 valence electrons. The van der Waals surface area contributed by atoms with Gasteiger partial charge in [0.25, 0.3) is 0 Å². The monoisotopic (exact) mass is 261 g/mol. The second kappa shape index (κ2) is 6.68. The van der Waals surface area contributed by atoms with E-state index in [1.807, 2.05) is 17.0 Å². The van der Waals surface area contributed by atoms with Gasteiger partial charge in [0.15, 0.2) is 0 Å². The molecule has 1 aromatic carbocycles. The summed E-state index contributed by atoms with van der Waals surface area (Å²) in [5.74, 6) is 0.210. The Morgan fingerprint density at radius 3 is 2.58 bits per heavy atom. The first-order valence-corrected chi connectivity index (χ1v) is 6.88. The second-order valence-electron chi connectivity index (χ2n) is 5.21. The molecule has 0 atom stereocenters. The van der Waals surface area contributed by atoms with Crippen molar-refractivity contribution < 1.29 is 4.79 Å². The molecule has 19 heavy (non-hydrogen) atoms. The van der Waals surface area contributed by atoms with E-state index in [1.54, 1.807) is 0 Å². The Bertz CT molecular complexity index is 425. The third-order valence-electron chi connectivity index (χ3n) is 3.71. The lowest BCUT2D eigenvalue weighted by Crippen LogP contribution is -2.49. The third-order valence-corrected chi connectivity index (χ3v) is 3.71. The molecular formula is C15H23N3O.